The van der Waals surface area contributed by atoms with Crippen molar-refractivity contribution >= 4 is 22.3 Å². The number of Topliss-reactive ketones (excluding diaryl/α,β-unsaturated/α-hetero) is 2. The maximum atomic E-state index is 14.9. The van der Waals surface area contributed by atoms with E-state index in [1.54, 1.807) is 40.7 Å². The number of phenolic OH excluding ortho intramolecular Hbond substituents is 2. The number of methoxy groups -OCH3 is 1. The third-order valence-corrected chi connectivity index (χ3v) is 15.6. The van der Waals surface area contributed by atoms with E-state index in [1.165, 1.54) is 27.0 Å². The number of ketones is 2. The fourth-order valence-corrected chi connectivity index (χ4v) is 11.2. The van der Waals surface area contributed by atoms with Gasteiger partial charge in [0, 0.05) is 50.7 Å². The molecule has 8 rings (SSSR count). The molecule has 0 radical (unpaired) electrons. The Kier molecular flexibility index (Phi) is 17.4. The average molecular weight is 1060 g/mol. The first kappa shape index (κ1) is 56.9. The molecule has 0 bridgehead atoms. The predicted octanol–water partition coefficient (Wildman–Crippen LogP) is 0.390. The molecule has 5 saturated heterocycles. The van der Waals surface area contributed by atoms with Gasteiger partial charge in [0.05, 0.1) is 77.6 Å². The van der Waals surface area contributed by atoms with Gasteiger partial charge in [0.1, 0.15) is 60.0 Å². The van der Waals surface area contributed by atoms with Gasteiger partial charge in [-0.3, -0.25) is 9.59 Å². The summed E-state index contributed by atoms with van der Waals surface area (Å²) in [5.41, 5.74) is -1.31. The molecule has 2 aromatic rings. The Bertz CT molecular complexity index is 2300. The van der Waals surface area contributed by atoms with E-state index in [9.17, 15) is 60.7 Å². The van der Waals surface area contributed by atoms with Crippen molar-refractivity contribution in [2.75, 3.05) is 7.11 Å². The second kappa shape index (κ2) is 22.6. The summed E-state index contributed by atoms with van der Waals surface area (Å²) in [7, 11) is 1.26. The van der Waals surface area contributed by atoms with Gasteiger partial charge in [-0.15, -0.1) is 0 Å². The molecule has 23 nitrogen and oxygen atoms in total. The molecule has 2 aromatic carbocycles. The maximum absolute atomic E-state index is 14.9. The highest BCUT2D eigenvalue weighted by atomic mass is 16.7. The first-order valence-electron chi connectivity index (χ1n) is 25.4. The Labute approximate surface area is 428 Å². The number of hydrogen-bond acceptors (Lipinski definition) is 23. The zero-order valence-corrected chi connectivity index (χ0v) is 43.0. The summed E-state index contributed by atoms with van der Waals surface area (Å²) in [6.07, 6.45) is -24.2. The summed E-state index contributed by atoms with van der Waals surface area (Å²) in [6, 6.07) is 3.11. The van der Waals surface area contributed by atoms with Crippen molar-refractivity contribution in [2.45, 2.75) is 235 Å². The molecular weight excluding hydrogens is 981 g/mol. The largest absolute Gasteiger partial charge is 0.507 e. The molecular formula is C51H74O23. The van der Waals surface area contributed by atoms with Crippen LogP contribution in [0, 0.1) is 12.8 Å². The van der Waals surface area contributed by atoms with Gasteiger partial charge in [0.2, 0.25) is 6.29 Å². The molecule has 24 atom stereocenters. The molecule has 0 aromatic heterocycles. The summed E-state index contributed by atoms with van der Waals surface area (Å²) in [5.74, 6) is -3.42. The molecule has 10 N–H and O–H groups in total. The van der Waals surface area contributed by atoms with Gasteiger partial charge < -0.3 is 103 Å². The number of rotatable bonds is 14. The number of ether oxygens (including phenoxy) is 11. The van der Waals surface area contributed by atoms with E-state index < -0.39 is 170 Å². The molecule has 0 amide bonds. The van der Waals surface area contributed by atoms with Crippen molar-refractivity contribution in [3.05, 3.63) is 28.8 Å². The molecule has 5 aliphatic heterocycles. The molecule has 0 spiro atoms. The number of carbonyl (C=O) groups excluding carboxylic acids is 2. The van der Waals surface area contributed by atoms with E-state index in [0.717, 1.165) is 6.92 Å². The number of fused-ring (bicyclic) bond motifs is 2. The summed E-state index contributed by atoms with van der Waals surface area (Å²) < 4.78 is 66.6. The molecule has 5 heterocycles. The van der Waals surface area contributed by atoms with Crippen molar-refractivity contribution in [1.82, 2.24) is 0 Å². The summed E-state index contributed by atoms with van der Waals surface area (Å²) in [5, 5.41) is 110. The van der Waals surface area contributed by atoms with E-state index >= 15 is 0 Å². The van der Waals surface area contributed by atoms with Gasteiger partial charge in [-0.1, -0.05) is 0 Å². The zero-order valence-electron chi connectivity index (χ0n) is 43.0. The minimum Gasteiger partial charge on any atom is -0.507 e. The van der Waals surface area contributed by atoms with Crippen LogP contribution in [0.3, 0.4) is 0 Å². The SMILES string of the molecule is CO[C@H](C(O)C(C)=O)[C@@H]1Cc2cc3cc(OC4C[C@@H](OC5C[C@@H](O)[C@H](O)C(C)O5)[C@H](O)C(C)O4)c(C)c(O)c3c(O)c2C(=O)[C@H]1OC1C[C@@H](OC2C[C@@H](OC3C[C@](C)(O)[C@H](O)C(C)O3)[C@@H](O)C(C)O2)[C@H](O)C(C)O1. The predicted molar refractivity (Wildman–Crippen MR) is 253 cm³/mol. The van der Waals surface area contributed by atoms with Crippen LogP contribution in [0.4, 0.5) is 0 Å². The molecule has 6 aliphatic rings. The number of benzene rings is 2. The molecule has 5 fully saturated rings. The van der Waals surface area contributed by atoms with Crippen molar-refractivity contribution in [3.8, 4) is 17.2 Å². The van der Waals surface area contributed by atoms with Crippen LogP contribution < -0.4 is 4.74 Å². The molecule has 23 heteroatoms. The Hall–Kier alpha value is -3.28. The van der Waals surface area contributed by atoms with Gasteiger partial charge >= 0.3 is 0 Å². The maximum Gasteiger partial charge on any atom is 0.202 e. The van der Waals surface area contributed by atoms with Crippen LogP contribution in [-0.2, 0) is 58.6 Å². The molecule has 0 saturated carbocycles. The Morgan fingerprint density at radius 1 is 0.689 bits per heavy atom. The van der Waals surface area contributed by atoms with Crippen molar-refractivity contribution in [1.29, 1.82) is 0 Å². The number of hydrogen-bond donors (Lipinski definition) is 10. The molecule has 74 heavy (non-hydrogen) atoms. The minimum absolute atomic E-state index is 0.0165. The highest BCUT2D eigenvalue weighted by molar-refractivity contribution is 6.11. The topological polar surface area (TPSA) is 338 Å². The van der Waals surface area contributed by atoms with Crippen LogP contribution in [0.15, 0.2) is 12.1 Å². The second-order valence-electron chi connectivity index (χ2n) is 21.2. The number of aromatic hydroxyl groups is 2. The van der Waals surface area contributed by atoms with E-state index in [0.29, 0.717) is 0 Å². The normalized spacial score (nSPS) is 42.9. The average Bonchev–Trinajstić information content (AvgIpc) is 3.32. The fraction of sp³-hybridized carbons (Fsp3) is 0.765. The monoisotopic (exact) mass is 1050 g/mol. The second-order valence-corrected chi connectivity index (χ2v) is 21.2. The van der Waals surface area contributed by atoms with E-state index in [4.69, 9.17) is 52.1 Å². The van der Waals surface area contributed by atoms with Gasteiger partial charge in [0.25, 0.3) is 0 Å². The quantitative estimate of drug-likeness (QED) is 0.122. The third kappa shape index (κ3) is 11.5. The van der Waals surface area contributed by atoms with Crippen molar-refractivity contribution < 1.29 is 113 Å². The zero-order chi connectivity index (χ0) is 54.0. The Morgan fingerprint density at radius 2 is 1.18 bits per heavy atom. The first-order chi connectivity index (χ1) is 34.8. The lowest BCUT2D eigenvalue weighted by atomic mass is 9.75. The van der Waals surface area contributed by atoms with Gasteiger partial charge in [-0.25, -0.2) is 0 Å². The molecule has 11 unspecified atom stereocenters. The van der Waals surface area contributed by atoms with Gasteiger partial charge in [0.15, 0.2) is 36.7 Å². The molecule has 1 aliphatic carbocycles. The van der Waals surface area contributed by atoms with Crippen molar-refractivity contribution in [3.63, 3.8) is 0 Å². The lowest BCUT2D eigenvalue weighted by Gasteiger charge is -2.46. The van der Waals surface area contributed by atoms with Gasteiger partial charge in [-0.05, 0) is 84.9 Å². The Morgan fingerprint density at radius 3 is 1.70 bits per heavy atom. The smallest absolute Gasteiger partial charge is 0.202 e. The van der Waals surface area contributed by atoms with E-state index in [2.05, 4.69) is 0 Å². The van der Waals surface area contributed by atoms with E-state index in [-0.39, 0.29) is 71.7 Å². The number of aliphatic hydroxyl groups is 8. The number of aliphatic hydroxyl groups excluding tert-OH is 7. The summed E-state index contributed by atoms with van der Waals surface area (Å²) in [4.78, 5) is 27.7. The lowest BCUT2D eigenvalue weighted by Crippen LogP contribution is -2.58. The number of phenols is 2. The first-order valence-corrected chi connectivity index (χ1v) is 25.4. The van der Waals surface area contributed by atoms with Crippen LogP contribution in [0.1, 0.15) is 102 Å². The highest BCUT2D eigenvalue weighted by Crippen LogP contribution is 2.48. The Balaban J connectivity index is 1.03. The van der Waals surface area contributed by atoms with E-state index in [1.807, 2.05) is 0 Å². The summed E-state index contributed by atoms with van der Waals surface area (Å²) in [6.45, 7) is 12.1. The van der Waals surface area contributed by atoms with Crippen LogP contribution in [-0.4, -0.2) is 211 Å². The van der Waals surface area contributed by atoms with Crippen LogP contribution in [0.2, 0.25) is 0 Å². The van der Waals surface area contributed by atoms with Crippen LogP contribution in [0.5, 0.6) is 17.2 Å². The van der Waals surface area contributed by atoms with Gasteiger partial charge in [-0.2, -0.15) is 0 Å². The van der Waals surface area contributed by atoms with Crippen LogP contribution in [0.25, 0.3) is 10.8 Å². The summed E-state index contributed by atoms with van der Waals surface area (Å²) >= 11 is 0. The number of carbonyl (C=O) groups is 2. The molecule has 416 valence electrons. The van der Waals surface area contributed by atoms with Crippen molar-refractivity contribution in [2.24, 2.45) is 5.92 Å². The van der Waals surface area contributed by atoms with Crippen LogP contribution >= 0.6 is 0 Å². The minimum atomic E-state index is -1.72. The standard InChI is InChI=1S/C51H74O23/c1-18-29(70-34-14-30(43(57)21(4)66-34)71-33-13-28(53)42(56)20(3)65-33)12-26-10-25-11-27(48(64-9)41(55)19(2)52)49(47(61)39(25)46(60)38(26)40(18)54)74-36-16-31(44(58)23(6)68-36)72-35-15-32(45(59)22(5)67-35)73-37-17-51(8,63)50(62)24(7)69-37/h10,12,20-24,27-28,30-37,41-45,48-50,53-60,62-63H,11,13-17H2,1-9H3/t20?,21?,22?,23?,24?,27-,28+,30+,31+,32+,33?,34?,35?,36?,37?,41?,42+,43+,44+,45-,48-,49-,50+,51-/m0/s1. The fourth-order valence-electron chi connectivity index (χ4n) is 11.2. The lowest BCUT2D eigenvalue weighted by molar-refractivity contribution is -0.334. The highest BCUT2D eigenvalue weighted by Gasteiger charge is 2.51. The third-order valence-electron chi connectivity index (χ3n) is 15.6.